The third kappa shape index (κ3) is 3.56. The van der Waals surface area contributed by atoms with Crippen LogP contribution in [0.5, 0.6) is 0 Å². The minimum atomic E-state index is -4.47. The summed E-state index contributed by atoms with van der Waals surface area (Å²) in [4.78, 5) is 3.85. The van der Waals surface area contributed by atoms with Crippen molar-refractivity contribution in [3.8, 4) is 0 Å². The van der Waals surface area contributed by atoms with E-state index in [4.69, 9.17) is 16.3 Å². The minimum absolute atomic E-state index is 0.191. The second-order valence-corrected chi connectivity index (χ2v) is 5.88. The normalized spacial score (nSPS) is 18.9. The van der Waals surface area contributed by atoms with Gasteiger partial charge in [0.2, 0.25) is 0 Å². The summed E-state index contributed by atoms with van der Waals surface area (Å²) >= 11 is 8.96. The monoisotopic (exact) mass is 372 g/mol. The van der Waals surface area contributed by atoms with E-state index in [2.05, 4.69) is 26.2 Å². The molecule has 0 atom stereocenters. The summed E-state index contributed by atoms with van der Waals surface area (Å²) in [6, 6.07) is 1.01. The van der Waals surface area contributed by atoms with E-state index in [1.54, 1.807) is 0 Å². The van der Waals surface area contributed by atoms with Gasteiger partial charge in [-0.05, 0) is 34.8 Å². The lowest BCUT2D eigenvalue weighted by Gasteiger charge is -2.37. The number of halogens is 5. The SMILES string of the molecule is FC(F)(F)c1cc(Br)cnc1NC1(CCl)CCOCC1. The topological polar surface area (TPSA) is 34.2 Å². The van der Waals surface area contributed by atoms with Crippen molar-refractivity contribution in [2.24, 2.45) is 0 Å². The quantitative estimate of drug-likeness (QED) is 0.811. The van der Waals surface area contributed by atoms with Crippen molar-refractivity contribution in [2.45, 2.75) is 24.6 Å². The van der Waals surface area contributed by atoms with Crippen LogP contribution in [-0.2, 0) is 10.9 Å². The molecule has 1 aromatic heterocycles. The highest BCUT2D eigenvalue weighted by molar-refractivity contribution is 9.10. The molecule has 1 aliphatic rings. The van der Waals surface area contributed by atoms with E-state index in [0.717, 1.165) is 6.07 Å². The average molecular weight is 374 g/mol. The van der Waals surface area contributed by atoms with E-state index >= 15 is 0 Å². The van der Waals surface area contributed by atoms with Gasteiger partial charge in [0, 0.05) is 29.8 Å². The first-order chi connectivity index (χ1) is 9.36. The van der Waals surface area contributed by atoms with Gasteiger partial charge in [0.05, 0.1) is 11.1 Å². The number of alkyl halides is 4. The number of hydrogen-bond acceptors (Lipinski definition) is 3. The second kappa shape index (κ2) is 6.07. The Hall–Kier alpha value is -0.530. The first-order valence-electron chi connectivity index (χ1n) is 6.01. The van der Waals surface area contributed by atoms with E-state index in [9.17, 15) is 13.2 Å². The van der Waals surface area contributed by atoms with Crippen LogP contribution in [0.25, 0.3) is 0 Å². The molecule has 2 rings (SSSR count). The first kappa shape index (κ1) is 15.9. The van der Waals surface area contributed by atoms with Crippen LogP contribution in [0.3, 0.4) is 0 Å². The molecule has 0 amide bonds. The zero-order chi connectivity index (χ0) is 14.8. The fourth-order valence-electron chi connectivity index (χ4n) is 2.06. The largest absolute Gasteiger partial charge is 0.419 e. The van der Waals surface area contributed by atoms with Crippen LogP contribution in [-0.4, -0.2) is 29.6 Å². The molecule has 2 heterocycles. The van der Waals surface area contributed by atoms with Crippen molar-refractivity contribution in [1.29, 1.82) is 0 Å². The Balaban J connectivity index is 2.32. The molecule has 3 nitrogen and oxygen atoms in total. The summed E-state index contributed by atoms with van der Waals surface area (Å²) < 4.78 is 44.7. The van der Waals surface area contributed by atoms with Crippen molar-refractivity contribution in [2.75, 3.05) is 24.4 Å². The van der Waals surface area contributed by atoms with E-state index in [0.29, 0.717) is 26.1 Å². The van der Waals surface area contributed by atoms with Crippen LogP contribution >= 0.6 is 27.5 Å². The number of hydrogen-bond donors (Lipinski definition) is 1. The molecule has 0 unspecified atom stereocenters. The lowest BCUT2D eigenvalue weighted by atomic mass is 9.92. The molecular weight excluding hydrogens is 360 g/mol. The summed E-state index contributed by atoms with van der Waals surface area (Å²) in [6.45, 7) is 0.940. The maximum Gasteiger partial charge on any atom is 0.419 e. The standard InChI is InChI=1S/C12H13BrClF3N2O/c13-8-5-9(12(15,16)17)10(18-6-8)19-11(7-14)1-3-20-4-2-11/h5-6H,1-4,7H2,(H,18,19). The van der Waals surface area contributed by atoms with Gasteiger partial charge in [0.1, 0.15) is 5.82 Å². The van der Waals surface area contributed by atoms with E-state index < -0.39 is 17.3 Å². The summed E-state index contributed by atoms with van der Waals surface area (Å²) in [5, 5.41) is 2.88. The van der Waals surface area contributed by atoms with Crippen molar-refractivity contribution >= 4 is 33.3 Å². The van der Waals surface area contributed by atoms with Crippen LogP contribution in [0.1, 0.15) is 18.4 Å². The Morgan fingerprint density at radius 1 is 1.40 bits per heavy atom. The number of nitrogens with one attached hydrogen (secondary N) is 1. The molecular formula is C12H13BrClF3N2O. The summed E-state index contributed by atoms with van der Waals surface area (Å²) in [5.41, 5.74) is -1.41. The molecule has 112 valence electrons. The van der Waals surface area contributed by atoms with Crippen LogP contribution in [0, 0.1) is 0 Å². The highest BCUT2D eigenvalue weighted by atomic mass is 79.9. The second-order valence-electron chi connectivity index (χ2n) is 4.70. The molecule has 8 heteroatoms. The number of nitrogens with zero attached hydrogens (tertiary/aromatic N) is 1. The highest BCUT2D eigenvalue weighted by Crippen LogP contribution is 2.37. The van der Waals surface area contributed by atoms with Gasteiger partial charge in [0.25, 0.3) is 0 Å². The third-order valence-electron chi connectivity index (χ3n) is 3.25. The van der Waals surface area contributed by atoms with E-state index in [1.807, 2.05) is 0 Å². The van der Waals surface area contributed by atoms with Gasteiger partial charge in [-0.1, -0.05) is 0 Å². The van der Waals surface area contributed by atoms with Gasteiger partial charge in [0.15, 0.2) is 0 Å². The van der Waals surface area contributed by atoms with Crippen molar-refractivity contribution in [3.05, 3.63) is 22.3 Å². The van der Waals surface area contributed by atoms with Crippen LogP contribution in [0.15, 0.2) is 16.7 Å². The lowest BCUT2D eigenvalue weighted by Crippen LogP contribution is -2.46. The Morgan fingerprint density at radius 2 is 2.05 bits per heavy atom. The maximum absolute atomic E-state index is 13.1. The lowest BCUT2D eigenvalue weighted by molar-refractivity contribution is -0.137. The zero-order valence-electron chi connectivity index (χ0n) is 10.4. The Labute approximate surface area is 128 Å². The number of pyridine rings is 1. The molecule has 20 heavy (non-hydrogen) atoms. The van der Waals surface area contributed by atoms with Gasteiger partial charge < -0.3 is 10.1 Å². The molecule has 1 aromatic rings. The van der Waals surface area contributed by atoms with Gasteiger partial charge in [-0.2, -0.15) is 13.2 Å². The predicted molar refractivity (Wildman–Crippen MR) is 74.1 cm³/mol. The van der Waals surface area contributed by atoms with Crippen molar-refractivity contribution in [3.63, 3.8) is 0 Å². The predicted octanol–water partition coefficient (Wildman–Crippen LogP) is 4.06. The van der Waals surface area contributed by atoms with Gasteiger partial charge in [-0.15, -0.1) is 11.6 Å². The van der Waals surface area contributed by atoms with Gasteiger partial charge in [-0.3, -0.25) is 0 Å². The molecule has 1 fully saturated rings. The number of ether oxygens (including phenoxy) is 1. The molecule has 0 radical (unpaired) electrons. The molecule has 0 aromatic carbocycles. The summed E-state index contributed by atoms with van der Waals surface area (Å²) in [6.07, 6.45) is -2.05. The minimum Gasteiger partial charge on any atom is -0.381 e. The summed E-state index contributed by atoms with van der Waals surface area (Å²) in [5.74, 6) is 0.00837. The fourth-order valence-corrected chi connectivity index (χ4v) is 2.73. The molecule has 1 aliphatic heterocycles. The molecule has 0 bridgehead atoms. The molecule has 0 saturated carbocycles. The summed E-state index contributed by atoms with van der Waals surface area (Å²) in [7, 11) is 0. The average Bonchev–Trinajstić information content (AvgIpc) is 2.41. The van der Waals surface area contributed by atoms with Crippen molar-refractivity contribution < 1.29 is 17.9 Å². The molecule has 0 spiro atoms. The Morgan fingerprint density at radius 3 is 2.60 bits per heavy atom. The smallest absolute Gasteiger partial charge is 0.381 e. The maximum atomic E-state index is 13.1. The van der Waals surface area contributed by atoms with Crippen molar-refractivity contribution in [1.82, 2.24) is 4.98 Å². The molecule has 1 N–H and O–H groups in total. The molecule has 1 saturated heterocycles. The number of aromatic nitrogens is 1. The first-order valence-corrected chi connectivity index (χ1v) is 7.34. The fraction of sp³-hybridized carbons (Fsp3) is 0.583. The number of anilines is 1. The zero-order valence-corrected chi connectivity index (χ0v) is 12.8. The van der Waals surface area contributed by atoms with E-state index in [-0.39, 0.29) is 16.2 Å². The Kier molecular flexibility index (Phi) is 4.81. The van der Waals surface area contributed by atoms with Crippen LogP contribution < -0.4 is 5.32 Å². The van der Waals surface area contributed by atoms with Gasteiger partial charge in [-0.25, -0.2) is 4.98 Å². The van der Waals surface area contributed by atoms with Gasteiger partial charge >= 0.3 is 6.18 Å². The number of rotatable bonds is 3. The van der Waals surface area contributed by atoms with Crippen LogP contribution in [0.2, 0.25) is 0 Å². The highest BCUT2D eigenvalue weighted by Gasteiger charge is 2.38. The van der Waals surface area contributed by atoms with Crippen LogP contribution in [0.4, 0.5) is 19.0 Å². The van der Waals surface area contributed by atoms with E-state index in [1.165, 1.54) is 6.20 Å². The third-order valence-corrected chi connectivity index (χ3v) is 4.19. The Bertz CT molecular complexity index is 478. The molecule has 0 aliphatic carbocycles.